The third-order valence-corrected chi connectivity index (χ3v) is 7.06. The van der Waals surface area contributed by atoms with Gasteiger partial charge in [0.1, 0.15) is 17.2 Å². The van der Waals surface area contributed by atoms with Gasteiger partial charge in [-0.15, -0.1) is 0 Å². The van der Waals surface area contributed by atoms with Crippen LogP contribution < -0.4 is 10.1 Å². The zero-order chi connectivity index (χ0) is 19.6. The summed E-state index contributed by atoms with van der Waals surface area (Å²) in [5.41, 5.74) is 1.27. The molecule has 0 bridgehead atoms. The molecule has 3 rings (SSSR count). The summed E-state index contributed by atoms with van der Waals surface area (Å²) in [6, 6.07) is 7.31. The van der Waals surface area contributed by atoms with Gasteiger partial charge in [-0.05, 0) is 31.0 Å². The van der Waals surface area contributed by atoms with Crippen molar-refractivity contribution >= 4 is 32.6 Å². The van der Waals surface area contributed by atoms with Crippen molar-refractivity contribution in [2.75, 3.05) is 33.0 Å². The SMILES string of the molecule is CNC(=O)CS(=O)(=O)C1CCN(C(=O)c2cc3ccc(OC)cc3[nH]2)CC1. The maximum absolute atomic E-state index is 12.8. The maximum atomic E-state index is 12.8. The number of rotatable bonds is 5. The van der Waals surface area contributed by atoms with Crippen LogP contribution in [0.1, 0.15) is 23.3 Å². The predicted octanol–water partition coefficient (Wildman–Crippen LogP) is 0.942. The number of H-pyrrole nitrogens is 1. The number of carbonyl (C=O) groups is 2. The highest BCUT2D eigenvalue weighted by Crippen LogP contribution is 2.24. The molecule has 0 aliphatic carbocycles. The molecule has 146 valence electrons. The summed E-state index contributed by atoms with van der Waals surface area (Å²) in [5.74, 6) is -0.480. The van der Waals surface area contributed by atoms with Crippen LogP contribution in [0, 0.1) is 0 Å². The number of hydrogen-bond donors (Lipinski definition) is 2. The van der Waals surface area contributed by atoms with Gasteiger partial charge in [0.2, 0.25) is 5.91 Å². The van der Waals surface area contributed by atoms with Gasteiger partial charge >= 0.3 is 0 Å². The molecule has 0 saturated carbocycles. The van der Waals surface area contributed by atoms with E-state index in [2.05, 4.69) is 10.3 Å². The van der Waals surface area contributed by atoms with E-state index in [1.807, 2.05) is 18.2 Å². The molecule has 8 nitrogen and oxygen atoms in total. The lowest BCUT2D eigenvalue weighted by Gasteiger charge is -2.31. The second-order valence-corrected chi connectivity index (χ2v) is 8.89. The van der Waals surface area contributed by atoms with E-state index in [4.69, 9.17) is 4.74 Å². The number of aromatic amines is 1. The molecule has 2 aromatic rings. The third kappa shape index (κ3) is 4.08. The molecular formula is C18H23N3O5S. The molecule has 9 heteroatoms. The molecule has 1 aliphatic rings. The fourth-order valence-electron chi connectivity index (χ4n) is 3.31. The van der Waals surface area contributed by atoms with Crippen molar-refractivity contribution < 1.29 is 22.7 Å². The van der Waals surface area contributed by atoms with Crippen molar-refractivity contribution in [1.82, 2.24) is 15.2 Å². The number of methoxy groups -OCH3 is 1. The zero-order valence-corrected chi connectivity index (χ0v) is 16.1. The summed E-state index contributed by atoms with van der Waals surface area (Å²) in [4.78, 5) is 28.9. The molecule has 1 aromatic carbocycles. The summed E-state index contributed by atoms with van der Waals surface area (Å²) >= 11 is 0. The van der Waals surface area contributed by atoms with Crippen molar-refractivity contribution in [1.29, 1.82) is 0 Å². The molecule has 0 spiro atoms. The summed E-state index contributed by atoms with van der Waals surface area (Å²) in [6.07, 6.45) is 0.665. The van der Waals surface area contributed by atoms with Crippen LogP contribution >= 0.6 is 0 Å². The summed E-state index contributed by atoms with van der Waals surface area (Å²) in [6.45, 7) is 0.685. The summed E-state index contributed by atoms with van der Waals surface area (Å²) in [7, 11) is -0.515. The van der Waals surface area contributed by atoms with Gasteiger partial charge in [-0.2, -0.15) is 0 Å². The van der Waals surface area contributed by atoms with Gasteiger partial charge in [-0.25, -0.2) is 8.42 Å². The topological polar surface area (TPSA) is 109 Å². The van der Waals surface area contributed by atoms with Gasteiger partial charge in [0.05, 0.1) is 12.4 Å². The van der Waals surface area contributed by atoms with Crippen LogP contribution in [0.25, 0.3) is 10.9 Å². The van der Waals surface area contributed by atoms with Crippen LogP contribution in [0.5, 0.6) is 5.75 Å². The number of benzene rings is 1. The monoisotopic (exact) mass is 393 g/mol. The normalized spacial score (nSPS) is 15.7. The van der Waals surface area contributed by atoms with Gasteiger partial charge in [-0.1, -0.05) is 0 Å². The van der Waals surface area contributed by atoms with Gasteiger partial charge in [0.25, 0.3) is 5.91 Å². The van der Waals surface area contributed by atoms with Crippen molar-refractivity contribution in [2.45, 2.75) is 18.1 Å². The summed E-state index contributed by atoms with van der Waals surface area (Å²) in [5, 5.41) is 2.65. The Morgan fingerprint density at radius 2 is 1.96 bits per heavy atom. The van der Waals surface area contributed by atoms with Gasteiger partial charge in [0.15, 0.2) is 9.84 Å². The number of carbonyl (C=O) groups excluding carboxylic acids is 2. The Bertz CT molecular complexity index is 959. The number of nitrogens with zero attached hydrogens (tertiary/aromatic N) is 1. The van der Waals surface area contributed by atoms with E-state index < -0.39 is 26.7 Å². The number of piperidine rings is 1. The van der Waals surface area contributed by atoms with Crippen LogP contribution in [0.2, 0.25) is 0 Å². The second kappa shape index (κ2) is 7.59. The Morgan fingerprint density at radius 1 is 1.26 bits per heavy atom. The Balaban J connectivity index is 1.67. The van der Waals surface area contributed by atoms with Crippen LogP contribution in [0.4, 0.5) is 0 Å². The number of amides is 2. The predicted molar refractivity (Wildman–Crippen MR) is 102 cm³/mol. The van der Waals surface area contributed by atoms with E-state index >= 15 is 0 Å². The minimum atomic E-state index is -3.51. The van der Waals surface area contributed by atoms with Crippen molar-refractivity contribution in [2.24, 2.45) is 0 Å². The molecular weight excluding hydrogens is 370 g/mol. The number of aromatic nitrogens is 1. The first kappa shape index (κ1) is 19.2. The van der Waals surface area contributed by atoms with Crippen LogP contribution in [-0.2, 0) is 14.6 Å². The smallest absolute Gasteiger partial charge is 0.270 e. The molecule has 1 fully saturated rings. The molecule has 0 unspecified atom stereocenters. The first-order valence-corrected chi connectivity index (χ1v) is 10.4. The van der Waals surface area contributed by atoms with Crippen molar-refractivity contribution in [3.05, 3.63) is 30.0 Å². The average molecular weight is 393 g/mol. The second-order valence-electron chi connectivity index (χ2n) is 6.61. The number of hydrogen-bond acceptors (Lipinski definition) is 5. The minimum absolute atomic E-state index is 0.160. The van der Waals surface area contributed by atoms with E-state index in [1.165, 1.54) is 7.05 Å². The van der Waals surface area contributed by atoms with E-state index in [1.54, 1.807) is 18.1 Å². The molecule has 1 aliphatic heterocycles. The lowest BCUT2D eigenvalue weighted by molar-refractivity contribution is -0.118. The molecule has 0 atom stereocenters. The van der Waals surface area contributed by atoms with Gasteiger partial charge in [-0.3, -0.25) is 9.59 Å². The number of likely N-dealkylation sites (tertiary alicyclic amines) is 1. The van der Waals surface area contributed by atoms with Gasteiger partial charge in [0, 0.05) is 37.1 Å². The molecule has 1 aromatic heterocycles. The quantitative estimate of drug-likeness (QED) is 0.786. The largest absolute Gasteiger partial charge is 0.497 e. The molecule has 2 N–H and O–H groups in total. The molecule has 1 saturated heterocycles. The highest BCUT2D eigenvalue weighted by atomic mass is 32.2. The maximum Gasteiger partial charge on any atom is 0.270 e. The standard InChI is InChI=1S/C18H23N3O5S/c1-19-17(22)11-27(24,25)14-5-7-21(8-6-14)18(23)16-9-12-3-4-13(26-2)10-15(12)20-16/h3-4,9-10,14,20H,5-8,11H2,1-2H3,(H,19,22). The zero-order valence-electron chi connectivity index (χ0n) is 15.3. The highest BCUT2D eigenvalue weighted by molar-refractivity contribution is 7.92. The van der Waals surface area contributed by atoms with E-state index in [-0.39, 0.29) is 5.91 Å². The Labute approximate surface area is 157 Å². The van der Waals surface area contributed by atoms with Crippen molar-refractivity contribution in [3.63, 3.8) is 0 Å². The van der Waals surface area contributed by atoms with Crippen LogP contribution in [0.15, 0.2) is 24.3 Å². The van der Waals surface area contributed by atoms with E-state index in [0.717, 1.165) is 10.9 Å². The van der Waals surface area contributed by atoms with E-state index in [0.29, 0.717) is 37.4 Å². The van der Waals surface area contributed by atoms with E-state index in [9.17, 15) is 18.0 Å². The van der Waals surface area contributed by atoms with Crippen LogP contribution in [0.3, 0.4) is 0 Å². The number of sulfone groups is 1. The minimum Gasteiger partial charge on any atom is -0.497 e. The lowest BCUT2D eigenvalue weighted by atomic mass is 10.1. The number of nitrogens with one attached hydrogen (secondary N) is 2. The first-order chi connectivity index (χ1) is 12.8. The highest BCUT2D eigenvalue weighted by Gasteiger charge is 2.33. The van der Waals surface area contributed by atoms with Crippen LogP contribution in [-0.4, -0.2) is 68.4 Å². The molecule has 2 heterocycles. The number of fused-ring (bicyclic) bond motifs is 1. The Kier molecular flexibility index (Phi) is 5.41. The fourth-order valence-corrected chi connectivity index (χ4v) is 4.98. The fraction of sp³-hybridized carbons (Fsp3) is 0.444. The summed E-state index contributed by atoms with van der Waals surface area (Å²) < 4.78 is 29.8. The molecule has 27 heavy (non-hydrogen) atoms. The first-order valence-electron chi connectivity index (χ1n) is 8.72. The lowest BCUT2D eigenvalue weighted by Crippen LogP contribution is -2.44. The average Bonchev–Trinajstić information content (AvgIpc) is 3.10. The Morgan fingerprint density at radius 3 is 2.59 bits per heavy atom. The Hall–Kier alpha value is -2.55. The molecule has 2 amide bonds. The number of ether oxygens (including phenoxy) is 1. The molecule has 0 radical (unpaired) electrons. The third-order valence-electron chi connectivity index (χ3n) is 4.91. The van der Waals surface area contributed by atoms with Crippen molar-refractivity contribution in [3.8, 4) is 5.75 Å². The van der Waals surface area contributed by atoms with Gasteiger partial charge < -0.3 is 19.9 Å².